The molecule has 0 bridgehead atoms. The fourth-order valence-electron chi connectivity index (χ4n) is 2.96. The first-order valence-electron chi connectivity index (χ1n) is 9.25. The van der Waals surface area contributed by atoms with Gasteiger partial charge >= 0.3 is 0 Å². The van der Waals surface area contributed by atoms with Gasteiger partial charge in [-0.3, -0.25) is 0 Å². The van der Waals surface area contributed by atoms with Crippen molar-refractivity contribution in [3.63, 3.8) is 0 Å². The van der Waals surface area contributed by atoms with E-state index in [-0.39, 0.29) is 21.7 Å². The predicted molar refractivity (Wildman–Crippen MR) is 113 cm³/mol. The summed E-state index contributed by atoms with van der Waals surface area (Å²) < 4.78 is 45.7. The SMILES string of the molecule is Cc1ccc(S(=O)(=O)c2nc(-c3cccc(C)c3)oc2Nc2ccc(F)cc2)cc1. The van der Waals surface area contributed by atoms with Gasteiger partial charge in [0.2, 0.25) is 26.6 Å². The zero-order valence-corrected chi connectivity index (χ0v) is 17.2. The number of aryl methyl sites for hydroxylation is 2. The summed E-state index contributed by atoms with van der Waals surface area (Å²) in [7, 11) is -3.95. The lowest BCUT2D eigenvalue weighted by molar-refractivity contribution is 0.581. The van der Waals surface area contributed by atoms with E-state index in [1.54, 1.807) is 18.2 Å². The minimum Gasteiger partial charge on any atom is -0.419 e. The molecule has 0 saturated carbocycles. The lowest BCUT2D eigenvalue weighted by atomic mass is 10.1. The van der Waals surface area contributed by atoms with E-state index in [0.717, 1.165) is 11.1 Å². The third-order valence-electron chi connectivity index (χ3n) is 4.55. The molecule has 3 aromatic carbocycles. The Morgan fingerprint density at radius 3 is 2.27 bits per heavy atom. The smallest absolute Gasteiger partial charge is 0.238 e. The van der Waals surface area contributed by atoms with Crippen molar-refractivity contribution >= 4 is 21.4 Å². The number of nitrogens with zero attached hydrogens (tertiary/aromatic N) is 1. The van der Waals surface area contributed by atoms with Crippen LogP contribution < -0.4 is 5.32 Å². The van der Waals surface area contributed by atoms with Gasteiger partial charge in [0, 0.05) is 11.3 Å². The number of hydrogen-bond donors (Lipinski definition) is 1. The molecule has 0 amide bonds. The highest BCUT2D eigenvalue weighted by Gasteiger charge is 2.28. The fourth-order valence-corrected chi connectivity index (χ4v) is 4.22. The van der Waals surface area contributed by atoms with Crippen molar-refractivity contribution in [1.29, 1.82) is 0 Å². The molecule has 0 saturated heterocycles. The van der Waals surface area contributed by atoms with Crippen molar-refractivity contribution in [2.24, 2.45) is 0 Å². The van der Waals surface area contributed by atoms with Crippen LogP contribution in [0.1, 0.15) is 11.1 Å². The second-order valence-electron chi connectivity index (χ2n) is 6.97. The van der Waals surface area contributed by atoms with Crippen LogP contribution in [0.3, 0.4) is 0 Å². The highest BCUT2D eigenvalue weighted by Crippen LogP contribution is 2.34. The van der Waals surface area contributed by atoms with E-state index in [4.69, 9.17) is 4.42 Å². The van der Waals surface area contributed by atoms with Gasteiger partial charge in [-0.2, -0.15) is 4.98 Å². The standard InChI is InChI=1S/C23H19FN2O3S/c1-15-6-12-20(13-7-15)30(27,28)23-22(25-19-10-8-18(24)9-11-19)29-21(26-23)17-5-3-4-16(2)14-17/h3-14,25H,1-2H3. The van der Waals surface area contributed by atoms with Crippen LogP contribution in [-0.2, 0) is 9.84 Å². The summed E-state index contributed by atoms with van der Waals surface area (Å²) in [6, 6.07) is 19.5. The van der Waals surface area contributed by atoms with E-state index in [2.05, 4.69) is 10.3 Å². The zero-order valence-electron chi connectivity index (χ0n) is 16.4. The van der Waals surface area contributed by atoms with Crippen LogP contribution in [-0.4, -0.2) is 13.4 Å². The van der Waals surface area contributed by atoms with Crippen LogP contribution in [0.4, 0.5) is 16.0 Å². The molecule has 4 rings (SSSR count). The second-order valence-corrected chi connectivity index (χ2v) is 8.84. The molecule has 0 aliphatic rings. The van der Waals surface area contributed by atoms with Gasteiger partial charge in [-0.25, -0.2) is 12.8 Å². The van der Waals surface area contributed by atoms with E-state index in [0.29, 0.717) is 11.3 Å². The summed E-state index contributed by atoms with van der Waals surface area (Å²) in [5.41, 5.74) is 3.06. The number of nitrogens with one attached hydrogen (secondary N) is 1. The first kappa shape index (κ1) is 19.8. The van der Waals surface area contributed by atoms with Crippen molar-refractivity contribution in [3.05, 3.63) is 89.7 Å². The van der Waals surface area contributed by atoms with Crippen LogP contribution in [0, 0.1) is 19.7 Å². The van der Waals surface area contributed by atoms with Gasteiger partial charge in [-0.05, 0) is 62.4 Å². The number of aromatic nitrogens is 1. The van der Waals surface area contributed by atoms with Crippen molar-refractivity contribution < 1.29 is 17.2 Å². The summed E-state index contributed by atoms with van der Waals surface area (Å²) in [5.74, 6) is -0.251. The number of oxazole rings is 1. The Bertz CT molecular complexity index is 1300. The summed E-state index contributed by atoms with van der Waals surface area (Å²) in [4.78, 5) is 4.43. The molecule has 5 nitrogen and oxygen atoms in total. The summed E-state index contributed by atoms with van der Waals surface area (Å²) in [5, 5.41) is 2.69. The van der Waals surface area contributed by atoms with Crippen LogP contribution >= 0.6 is 0 Å². The van der Waals surface area contributed by atoms with Crippen LogP contribution in [0.2, 0.25) is 0 Å². The van der Waals surface area contributed by atoms with E-state index < -0.39 is 15.7 Å². The molecular formula is C23H19FN2O3S. The number of anilines is 2. The van der Waals surface area contributed by atoms with Gasteiger partial charge in [0.1, 0.15) is 5.82 Å². The summed E-state index contributed by atoms with van der Waals surface area (Å²) in [6.07, 6.45) is 0. The van der Waals surface area contributed by atoms with Crippen molar-refractivity contribution in [3.8, 4) is 11.5 Å². The van der Waals surface area contributed by atoms with Gasteiger partial charge in [-0.1, -0.05) is 35.4 Å². The van der Waals surface area contributed by atoms with Gasteiger partial charge in [-0.15, -0.1) is 0 Å². The van der Waals surface area contributed by atoms with Gasteiger partial charge in [0.15, 0.2) is 0 Å². The molecule has 0 fully saturated rings. The third kappa shape index (κ3) is 3.97. The number of sulfone groups is 1. The fraction of sp³-hybridized carbons (Fsp3) is 0.0870. The molecule has 30 heavy (non-hydrogen) atoms. The van der Waals surface area contributed by atoms with Gasteiger partial charge in [0.05, 0.1) is 4.90 Å². The minimum absolute atomic E-state index is 0.0290. The summed E-state index contributed by atoms with van der Waals surface area (Å²) in [6.45, 7) is 3.80. The molecule has 7 heteroatoms. The minimum atomic E-state index is -3.95. The van der Waals surface area contributed by atoms with Gasteiger partial charge in [0.25, 0.3) is 0 Å². The van der Waals surface area contributed by atoms with Crippen molar-refractivity contribution in [2.45, 2.75) is 23.8 Å². The lowest BCUT2D eigenvalue weighted by Crippen LogP contribution is -2.05. The predicted octanol–water partition coefficient (Wildman–Crippen LogP) is 5.67. The Hall–Kier alpha value is -3.45. The van der Waals surface area contributed by atoms with Crippen LogP contribution in [0.25, 0.3) is 11.5 Å². The molecule has 152 valence electrons. The second kappa shape index (κ2) is 7.76. The van der Waals surface area contributed by atoms with E-state index >= 15 is 0 Å². The van der Waals surface area contributed by atoms with E-state index in [1.165, 1.54) is 36.4 Å². The summed E-state index contributed by atoms with van der Waals surface area (Å²) >= 11 is 0. The third-order valence-corrected chi connectivity index (χ3v) is 6.23. The lowest BCUT2D eigenvalue weighted by Gasteiger charge is -2.06. The topological polar surface area (TPSA) is 72.2 Å². The van der Waals surface area contributed by atoms with Crippen LogP contribution in [0.5, 0.6) is 0 Å². The molecule has 0 aliphatic carbocycles. The molecule has 1 N–H and O–H groups in total. The highest BCUT2D eigenvalue weighted by molar-refractivity contribution is 7.91. The molecule has 1 aromatic heterocycles. The average molecular weight is 422 g/mol. The molecule has 0 aliphatic heterocycles. The maximum Gasteiger partial charge on any atom is 0.238 e. The maximum absolute atomic E-state index is 13.3. The van der Waals surface area contributed by atoms with Crippen LogP contribution in [0.15, 0.2) is 87.1 Å². The Kier molecular flexibility index (Phi) is 5.13. The average Bonchev–Trinajstić information content (AvgIpc) is 3.15. The molecule has 0 unspecified atom stereocenters. The molecule has 1 heterocycles. The molecular weight excluding hydrogens is 403 g/mol. The Balaban J connectivity index is 1.84. The van der Waals surface area contributed by atoms with Crippen molar-refractivity contribution in [1.82, 2.24) is 4.98 Å². The Labute approximate surface area is 174 Å². The van der Waals surface area contributed by atoms with Crippen molar-refractivity contribution in [2.75, 3.05) is 5.32 Å². The first-order chi connectivity index (χ1) is 14.3. The highest BCUT2D eigenvalue weighted by atomic mass is 32.2. The van der Waals surface area contributed by atoms with Gasteiger partial charge < -0.3 is 9.73 Å². The van der Waals surface area contributed by atoms with E-state index in [9.17, 15) is 12.8 Å². The quantitative estimate of drug-likeness (QED) is 0.448. The molecule has 4 aromatic rings. The zero-order chi connectivity index (χ0) is 21.3. The van der Waals surface area contributed by atoms with E-state index in [1.807, 2.05) is 32.0 Å². The largest absolute Gasteiger partial charge is 0.419 e. The normalized spacial score (nSPS) is 11.4. The number of hydrogen-bond acceptors (Lipinski definition) is 5. The molecule has 0 atom stereocenters. The number of rotatable bonds is 5. The Morgan fingerprint density at radius 1 is 0.900 bits per heavy atom. The first-order valence-corrected chi connectivity index (χ1v) is 10.7. The Morgan fingerprint density at radius 2 is 1.60 bits per heavy atom. The molecule has 0 spiro atoms. The molecule has 0 radical (unpaired) electrons. The number of benzene rings is 3. The number of halogens is 1. The monoisotopic (exact) mass is 422 g/mol. The maximum atomic E-state index is 13.3.